The minimum absolute atomic E-state index is 0.277. The number of rotatable bonds is 15. The Balaban J connectivity index is 1.72. The maximum Gasteiger partial charge on any atom is 0.338 e. The van der Waals surface area contributed by atoms with Gasteiger partial charge in [0.15, 0.2) is 0 Å². The van der Waals surface area contributed by atoms with Gasteiger partial charge in [0.05, 0.1) is 24.5 Å². The highest BCUT2D eigenvalue weighted by Gasteiger charge is 2.08. The summed E-state index contributed by atoms with van der Waals surface area (Å²) in [4.78, 5) is 16.6. The van der Waals surface area contributed by atoms with E-state index in [0.717, 1.165) is 36.4 Å². The van der Waals surface area contributed by atoms with Crippen LogP contribution in [0.2, 0.25) is 0 Å². The van der Waals surface area contributed by atoms with Crippen molar-refractivity contribution in [1.29, 1.82) is 0 Å². The van der Waals surface area contributed by atoms with Crippen molar-refractivity contribution in [2.45, 2.75) is 72.1 Å². The van der Waals surface area contributed by atoms with Gasteiger partial charge in [0.2, 0.25) is 0 Å². The van der Waals surface area contributed by atoms with Crippen LogP contribution in [0.25, 0.3) is 0 Å². The number of hydrogen-bond acceptors (Lipinski definition) is 4. The topological polar surface area (TPSA) is 47.9 Å². The highest BCUT2D eigenvalue weighted by Crippen LogP contribution is 2.19. The number of carbonyl (C=O) groups excluding carboxylic acids is 1. The molecular weight excluding hydrogens is 398 g/mol. The van der Waals surface area contributed by atoms with Gasteiger partial charge in [-0.2, -0.15) is 0 Å². The molecule has 0 radical (unpaired) electrons. The smallest absolute Gasteiger partial charge is 0.338 e. The minimum atomic E-state index is -0.277. The Labute approximate surface area is 194 Å². The zero-order valence-electron chi connectivity index (χ0n) is 20.0. The second-order valence-corrected chi connectivity index (χ2v) is 8.46. The summed E-state index contributed by atoms with van der Waals surface area (Å²) >= 11 is 0. The first-order valence-corrected chi connectivity index (χ1v) is 12.2. The average Bonchev–Trinajstić information content (AvgIpc) is 2.83. The number of aliphatic imine (C=N–C) groups is 1. The Bertz CT molecular complexity index is 796. The molecule has 0 aliphatic heterocycles. The van der Waals surface area contributed by atoms with E-state index in [2.05, 4.69) is 25.8 Å². The molecule has 174 valence electrons. The number of carbonyl (C=O) groups is 1. The van der Waals surface area contributed by atoms with Gasteiger partial charge in [0.1, 0.15) is 5.75 Å². The summed E-state index contributed by atoms with van der Waals surface area (Å²) in [5.74, 6) is 0.985. The molecule has 2 rings (SSSR count). The molecule has 2 aromatic rings. The molecule has 0 heterocycles. The average molecular weight is 438 g/mol. The van der Waals surface area contributed by atoms with Crippen LogP contribution in [-0.2, 0) is 4.74 Å². The standard InChI is InChI=1S/C28H39NO3/c1-4-6-7-8-9-10-11-20-31-27-18-16-26(17-19-27)29-21-24-12-14-25(15-13-24)28(30)32-22-23(3)5-2/h12-19,21,23H,4-11,20,22H2,1-3H3. The van der Waals surface area contributed by atoms with Gasteiger partial charge in [-0.05, 0) is 54.3 Å². The summed E-state index contributed by atoms with van der Waals surface area (Å²) in [6.45, 7) is 7.63. The van der Waals surface area contributed by atoms with E-state index in [1.54, 1.807) is 18.3 Å². The van der Waals surface area contributed by atoms with Gasteiger partial charge in [-0.3, -0.25) is 4.99 Å². The molecule has 32 heavy (non-hydrogen) atoms. The van der Waals surface area contributed by atoms with Gasteiger partial charge >= 0.3 is 5.97 Å². The third-order valence-corrected chi connectivity index (χ3v) is 5.56. The fourth-order valence-electron chi connectivity index (χ4n) is 3.15. The van der Waals surface area contributed by atoms with E-state index in [4.69, 9.17) is 9.47 Å². The van der Waals surface area contributed by atoms with Crippen molar-refractivity contribution in [1.82, 2.24) is 0 Å². The predicted octanol–water partition coefficient (Wildman–Crippen LogP) is 7.77. The van der Waals surface area contributed by atoms with Crippen LogP contribution in [0.4, 0.5) is 5.69 Å². The number of unbranched alkanes of at least 4 members (excludes halogenated alkanes) is 6. The zero-order valence-corrected chi connectivity index (χ0v) is 20.0. The molecule has 4 nitrogen and oxygen atoms in total. The summed E-state index contributed by atoms with van der Waals surface area (Å²) in [6.07, 6.45) is 11.8. The molecule has 0 aliphatic carbocycles. The zero-order chi connectivity index (χ0) is 23.0. The first kappa shape index (κ1) is 25.6. The quantitative estimate of drug-likeness (QED) is 0.162. The normalized spacial score (nSPS) is 12.1. The minimum Gasteiger partial charge on any atom is -0.494 e. The molecule has 0 aliphatic rings. The number of hydrogen-bond donors (Lipinski definition) is 0. The number of esters is 1. The van der Waals surface area contributed by atoms with Crippen LogP contribution < -0.4 is 4.74 Å². The Morgan fingerprint density at radius 3 is 2.22 bits per heavy atom. The molecule has 0 aromatic heterocycles. The van der Waals surface area contributed by atoms with E-state index in [1.165, 1.54) is 38.5 Å². The maximum absolute atomic E-state index is 12.1. The summed E-state index contributed by atoms with van der Waals surface area (Å²) in [5, 5.41) is 0. The van der Waals surface area contributed by atoms with Crippen LogP contribution in [-0.4, -0.2) is 25.4 Å². The summed E-state index contributed by atoms with van der Waals surface area (Å²) < 4.78 is 11.2. The van der Waals surface area contributed by atoms with Crippen molar-refractivity contribution < 1.29 is 14.3 Å². The summed E-state index contributed by atoms with van der Waals surface area (Å²) in [6, 6.07) is 15.2. The summed E-state index contributed by atoms with van der Waals surface area (Å²) in [7, 11) is 0. The molecule has 0 saturated heterocycles. The Hall–Kier alpha value is -2.62. The molecule has 0 bridgehead atoms. The monoisotopic (exact) mass is 437 g/mol. The summed E-state index contributed by atoms with van der Waals surface area (Å²) in [5.41, 5.74) is 2.36. The molecule has 2 aromatic carbocycles. The van der Waals surface area contributed by atoms with Gasteiger partial charge in [-0.1, -0.05) is 77.8 Å². The largest absolute Gasteiger partial charge is 0.494 e. The van der Waals surface area contributed by atoms with Gasteiger partial charge in [0.25, 0.3) is 0 Å². The molecule has 1 atom stereocenters. The highest BCUT2D eigenvalue weighted by atomic mass is 16.5. The van der Waals surface area contributed by atoms with Crippen molar-refractivity contribution >= 4 is 17.9 Å². The SMILES string of the molecule is CCCCCCCCCOc1ccc(N=Cc2ccc(C(=O)OCC(C)CC)cc2)cc1. The van der Waals surface area contributed by atoms with Crippen molar-refractivity contribution in [2.24, 2.45) is 10.9 Å². The van der Waals surface area contributed by atoms with Crippen LogP contribution >= 0.6 is 0 Å². The molecule has 0 spiro atoms. The predicted molar refractivity (Wildman–Crippen MR) is 133 cm³/mol. The first-order chi connectivity index (χ1) is 15.6. The van der Waals surface area contributed by atoms with Crippen molar-refractivity contribution in [2.75, 3.05) is 13.2 Å². The Morgan fingerprint density at radius 1 is 0.906 bits per heavy atom. The van der Waals surface area contributed by atoms with Gasteiger partial charge in [-0.25, -0.2) is 4.79 Å². The third kappa shape index (κ3) is 10.1. The highest BCUT2D eigenvalue weighted by molar-refractivity contribution is 5.91. The third-order valence-electron chi connectivity index (χ3n) is 5.56. The van der Waals surface area contributed by atoms with Crippen molar-refractivity contribution in [3.8, 4) is 5.75 Å². The molecular formula is C28H39NO3. The van der Waals surface area contributed by atoms with E-state index in [9.17, 15) is 4.79 Å². The van der Waals surface area contributed by atoms with E-state index >= 15 is 0 Å². The van der Waals surface area contributed by atoms with Crippen LogP contribution in [0.5, 0.6) is 5.75 Å². The van der Waals surface area contributed by atoms with Crippen LogP contribution in [0, 0.1) is 5.92 Å². The molecule has 0 amide bonds. The number of ether oxygens (including phenoxy) is 2. The fraction of sp³-hybridized carbons (Fsp3) is 0.500. The molecule has 0 saturated carbocycles. The van der Waals surface area contributed by atoms with Crippen LogP contribution in [0.3, 0.4) is 0 Å². The molecule has 1 unspecified atom stereocenters. The van der Waals surface area contributed by atoms with E-state index in [-0.39, 0.29) is 5.97 Å². The van der Waals surface area contributed by atoms with Gasteiger partial charge in [-0.15, -0.1) is 0 Å². The lowest BCUT2D eigenvalue weighted by Gasteiger charge is -2.09. The lowest BCUT2D eigenvalue weighted by Crippen LogP contribution is -2.11. The maximum atomic E-state index is 12.1. The number of nitrogens with zero attached hydrogens (tertiary/aromatic N) is 1. The molecule has 0 fully saturated rings. The second-order valence-electron chi connectivity index (χ2n) is 8.46. The van der Waals surface area contributed by atoms with Crippen molar-refractivity contribution in [3.05, 3.63) is 59.7 Å². The van der Waals surface area contributed by atoms with E-state index in [0.29, 0.717) is 18.1 Å². The molecule has 0 N–H and O–H groups in total. The Morgan fingerprint density at radius 2 is 1.56 bits per heavy atom. The fourth-order valence-corrected chi connectivity index (χ4v) is 3.15. The van der Waals surface area contributed by atoms with Crippen molar-refractivity contribution in [3.63, 3.8) is 0 Å². The van der Waals surface area contributed by atoms with Gasteiger partial charge in [0, 0.05) is 6.21 Å². The lowest BCUT2D eigenvalue weighted by atomic mass is 10.1. The first-order valence-electron chi connectivity index (χ1n) is 12.2. The second kappa shape index (κ2) is 15.2. The van der Waals surface area contributed by atoms with E-state index in [1.807, 2.05) is 36.4 Å². The van der Waals surface area contributed by atoms with Crippen LogP contribution in [0.1, 0.15) is 88.1 Å². The number of benzene rings is 2. The lowest BCUT2D eigenvalue weighted by molar-refractivity contribution is 0.0447. The van der Waals surface area contributed by atoms with Gasteiger partial charge < -0.3 is 9.47 Å². The van der Waals surface area contributed by atoms with Crippen LogP contribution in [0.15, 0.2) is 53.5 Å². The van der Waals surface area contributed by atoms with E-state index < -0.39 is 0 Å². The molecule has 4 heteroatoms. The Kier molecular flexibility index (Phi) is 12.2.